The normalized spacial score (nSPS) is 34.4. The third-order valence-electron chi connectivity index (χ3n) is 6.84. The van der Waals surface area contributed by atoms with E-state index >= 15 is 0 Å². The molecule has 0 aromatic rings. The van der Waals surface area contributed by atoms with Crippen molar-refractivity contribution >= 4 is 11.8 Å². The molecule has 3 saturated carbocycles. The van der Waals surface area contributed by atoms with Crippen LogP contribution >= 0.6 is 0 Å². The van der Waals surface area contributed by atoms with E-state index in [1.165, 1.54) is 25.7 Å². The second kappa shape index (κ2) is 6.66. The van der Waals surface area contributed by atoms with Crippen LogP contribution in [0.15, 0.2) is 0 Å². The predicted octanol–water partition coefficient (Wildman–Crippen LogP) is 1.62. The lowest BCUT2D eigenvalue weighted by molar-refractivity contribution is -0.135. The highest BCUT2D eigenvalue weighted by molar-refractivity contribution is 5.82. The van der Waals surface area contributed by atoms with E-state index in [2.05, 4.69) is 10.2 Å². The van der Waals surface area contributed by atoms with Crippen LogP contribution in [0.5, 0.6) is 0 Å². The van der Waals surface area contributed by atoms with Crippen molar-refractivity contribution in [1.29, 1.82) is 0 Å². The Morgan fingerprint density at radius 1 is 1.04 bits per heavy atom. The number of carbonyl (C=O) groups excluding carboxylic acids is 2. The van der Waals surface area contributed by atoms with Crippen LogP contribution < -0.4 is 5.32 Å². The summed E-state index contributed by atoms with van der Waals surface area (Å²) < 4.78 is 0. The molecule has 1 N–H and O–H groups in total. The topological polar surface area (TPSA) is 52.7 Å². The lowest BCUT2D eigenvalue weighted by atomic mass is 9.86. The molecule has 1 aliphatic heterocycles. The van der Waals surface area contributed by atoms with Crippen LogP contribution in [0.3, 0.4) is 0 Å². The van der Waals surface area contributed by atoms with E-state index in [1.54, 1.807) is 0 Å². The molecule has 1 saturated heterocycles. The second-order valence-electron chi connectivity index (χ2n) is 8.51. The third kappa shape index (κ3) is 3.46. The Labute approximate surface area is 145 Å². The van der Waals surface area contributed by atoms with Crippen molar-refractivity contribution in [2.45, 2.75) is 64.0 Å². The molecule has 4 atom stereocenters. The van der Waals surface area contributed by atoms with Gasteiger partial charge >= 0.3 is 0 Å². The van der Waals surface area contributed by atoms with Crippen LogP contribution in [0.4, 0.5) is 0 Å². The molecule has 4 fully saturated rings. The molecule has 2 bridgehead atoms. The summed E-state index contributed by atoms with van der Waals surface area (Å²) in [5.41, 5.74) is 0. The molecule has 0 aromatic heterocycles. The average molecular weight is 333 g/mol. The molecule has 0 spiro atoms. The zero-order valence-electron chi connectivity index (χ0n) is 14.9. The largest absolute Gasteiger partial charge is 0.352 e. The van der Waals surface area contributed by atoms with Crippen molar-refractivity contribution in [3.05, 3.63) is 0 Å². The molecule has 5 heteroatoms. The quantitative estimate of drug-likeness (QED) is 0.832. The van der Waals surface area contributed by atoms with Crippen LogP contribution in [-0.2, 0) is 9.59 Å². The van der Waals surface area contributed by atoms with Gasteiger partial charge in [-0.3, -0.25) is 14.5 Å². The third-order valence-corrected chi connectivity index (χ3v) is 6.84. The Morgan fingerprint density at radius 2 is 1.79 bits per heavy atom. The number of fused-ring (bicyclic) bond motifs is 2. The molecule has 4 aliphatic rings. The monoisotopic (exact) mass is 333 g/mol. The summed E-state index contributed by atoms with van der Waals surface area (Å²) in [6, 6.07) is 0.345. The molecule has 4 rings (SSSR count). The Bertz CT molecular complexity index is 497. The lowest BCUT2D eigenvalue weighted by Crippen LogP contribution is -2.55. The smallest absolute Gasteiger partial charge is 0.237 e. The van der Waals surface area contributed by atoms with Crippen molar-refractivity contribution in [3.8, 4) is 0 Å². The van der Waals surface area contributed by atoms with Crippen molar-refractivity contribution in [2.75, 3.05) is 26.2 Å². The fraction of sp³-hybridized carbons (Fsp3) is 0.895. The number of carbonyl (C=O) groups is 2. The van der Waals surface area contributed by atoms with Crippen molar-refractivity contribution in [3.63, 3.8) is 0 Å². The molecule has 0 aromatic carbocycles. The van der Waals surface area contributed by atoms with Gasteiger partial charge in [0, 0.05) is 38.6 Å². The summed E-state index contributed by atoms with van der Waals surface area (Å²) in [5, 5.41) is 3.09. The molecular weight excluding hydrogens is 302 g/mol. The Hall–Kier alpha value is -1.10. The van der Waals surface area contributed by atoms with Gasteiger partial charge in [-0.05, 0) is 56.8 Å². The van der Waals surface area contributed by atoms with Gasteiger partial charge in [0.15, 0.2) is 0 Å². The van der Waals surface area contributed by atoms with E-state index in [-0.39, 0.29) is 11.9 Å². The van der Waals surface area contributed by atoms with Crippen LogP contribution in [0.25, 0.3) is 0 Å². The van der Waals surface area contributed by atoms with Crippen LogP contribution in [0.2, 0.25) is 0 Å². The predicted molar refractivity (Wildman–Crippen MR) is 92.3 cm³/mol. The first-order valence-electron chi connectivity index (χ1n) is 9.92. The summed E-state index contributed by atoms with van der Waals surface area (Å²) in [5.74, 6) is 2.89. The van der Waals surface area contributed by atoms with Gasteiger partial charge in [0.1, 0.15) is 0 Å². The molecule has 2 amide bonds. The number of nitrogens with zero attached hydrogens (tertiary/aromatic N) is 2. The van der Waals surface area contributed by atoms with Crippen LogP contribution in [-0.4, -0.2) is 59.9 Å². The minimum atomic E-state index is -0.0755. The first kappa shape index (κ1) is 16.4. The van der Waals surface area contributed by atoms with E-state index in [0.717, 1.165) is 57.3 Å². The SMILES string of the molecule is C[C@H](C(=O)NC1CC1)N1CCN(C(=O)C[C@@H]2C[C@@H]3CC[C@@H]2C3)CC1. The van der Waals surface area contributed by atoms with Gasteiger partial charge in [-0.1, -0.05) is 6.42 Å². The molecule has 5 nitrogen and oxygen atoms in total. The molecular formula is C19H31N3O2. The van der Waals surface area contributed by atoms with E-state index < -0.39 is 0 Å². The lowest BCUT2D eigenvalue weighted by Gasteiger charge is -2.38. The molecule has 24 heavy (non-hydrogen) atoms. The number of nitrogens with one attached hydrogen (secondary N) is 1. The fourth-order valence-corrected chi connectivity index (χ4v) is 5.05. The number of hydrogen-bond donors (Lipinski definition) is 1. The van der Waals surface area contributed by atoms with E-state index in [0.29, 0.717) is 17.9 Å². The number of rotatable bonds is 5. The fourth-order valence-electron chi connectivity index (χ4n) is 5.05. The summed E-state index contributed by atoms with van der Waals surface area (Å²) in [4.78, 5) is 29.1. The zero-order chi connectivity index (χ0) is 16.7. The highest BCUT2D eigenvalue weighted by Gasteiger charge is 2.41. The standard InChI is InChI=1S/C19H31N3O2/c1-13(19(24)20-17-4-5-17)21-6-8-22(9-7-21)18(23)12-16-11-14-2-3-15(16)10-14/h13-17H,2-12H2,1H3,(H,20,24)/t13-,14-,15-,16+/m1/s1. The summed E-state index contributed by atoms with van der Waals surface area (Å²) in [7, 11) is 0. The number of amides is 2. The van der Waals surface area contributed by atoms with Crippen LogP contribution in [0.1, 0.15) is 51.9 Å². The second-order valence-corrected chi connectivity index (χ2v) is 8.51. The van der Waals surface area contributed by atoms with Crippen molar-refractivity contribution in [2.24, 2.45) is 17.8 Å². The van der Waals surface area contributed by atoms with Gasteiger partial charge < -0.3 is 10.2 Å². The minimum Gasteiger partial charge on any atom is -0.352 e. The maximum absolute atomic E-state index is 12.6. The van der Waals surface area contributed by atoms with Crippen LogP contribution in [0, 0.1) is 17.8 Å². The first-order chi connectivity index (χ1) is 11.6. The Morgan fingerprint density at radius 3 is 2.38 bits per heavy atom. The minimum absolute atomic E-state index is 0.0755. The molecule has 1 heterocycles. The number of piperazine rings is 1. The maximum Gasteiger partial charge on any atom is 0.237 e. The average Bonchev–Trinajstić information content (AvgIpc) is 3.16. The zero-order valence-corrected chi connectivity index (χ0v) is 14.9. The van der Waals surface area contributed by atoms with Gasteiger partial charge in [-0.2, -0.15) is 0 Å². The summed E-state index contributed by atoms with van der Waals surface area (Å²) >= 11 is 0. The molecule has 134 valence electrons. The first-order valence-corrected chi connectivity index (χ1v) is 9.92. The number of hydrogen-bond acceptors (Lipinski definition) is 3. The van der Waals surface area contributed by atoms with Gasteiger partial charge in [0.2, 0.25) is 11.8 Å². The van der Waals surface area contributed by atoms with Gasteiger partial charge in [-0.15, -0.1) is 0 Å². The highest BCUT2D eigenvalue weighted by Crippen LogP contribution is 2.49. The summed E-state index contributed by atoms with van der Waals surface area (Å²) in [6.45, 7) is 5.19. The van der Waals surface area contributed by atoms with Gasteiger partial charge in [-0.25, -0.2) is 0 Å². The molecule has 3 aliphatic carbocycles. The maximum atomic E-state index is 12.6. The Balaban J connectivity index is 1.22. The van der Waals surface area contributed by atoms with Crippen molar-refractivity contribution < 1.29 is 9.59 Å². The highest BCUT2D eigenvalue weighted by atomic mass is 16.2. The van der Waals surface area contributed by atoms with Crippen molar-refractivity contribution in [1.82, 2.24) is 15.1 Å². The Kier molecular flexibility index (Phi) is 4.54. The van der Waals surface area contributed by atoms with E-state index in [4.69, 9.17) is 0 Å². The van der Waals surface area contributed by atoms with Gasteiger partial charge in [0.25, 0.3) is 0 Å². The summed E-state index contributed by atoms with van der Waals surface area (Å²) in [6.07, 6.45) is 8.43. The molecule has 0 radical (unpaired) electrons. The van der Waals surface area contributed by atoms with E-state index in [1.807, 2.05) is 11.8 Å². The van der Waals surface area contributed by atoms with Gasteiger partial charge in [0.05, 0.1) is 6.04 Å². The molecule has 0 unspecified atom stereocenters. The van der Waals surface area contributed by atoms with E-state index in [9.17, 15) is 9.59 Å².